The van der Waals surface area contributed by atoms with Crippen LogP contribution in [0.25, 0.3) is 0 Å². The van der Waals surface area contributed by atoms with Crippen LogP contribution in [-0.4, -0.2) is 13.2 Å². The molecule has 1 saturated carbocycles. The van der Waals surface area contributed by atoms with Crippen LogP contribution < -0.4 is 10.1 Å². The third-order valence-electron chi connectivity index (χ3n) is 4.14. The lowest BCUT2D eigenvalue weighted by Crippen LogP contribution is -2.16. The zero-order valence-corrected chi connectivity index (χ0v) is 12.3. The Kier molecular flexibility index (Phi) is 5.71. The Morgan fingerprint density at radius 1 is 1.11 bits per heavy atom. The van der Waals surface area contributed by atoms with Crippen LogP contribution >= 0.6 is 0 Å². The summed E-state index contributed by atoms with van der Waals surface area (Å²) in [5.41, 5.74) is 1.35. The summed E-state index contributed by atoms with van der Waals surface area (Å²) in [6, 6.07) is 9.08. The van der Waals surface area contributed by atoms with Crippen LogP contribution in [0, 0.1) is 0 Å². The van der Waals surface area contributed by atoms with Crippen molar-refractivity contribution < 1.29 is 4.74 Å². The van der Waals surface area contributed by atoms with Crippen molar-refractivity contribution in [2.45, 2.75) is 64.0 Å². The van der Waals surface area contributed by atoms with E-state index in [9.17, 15) is 0 Å². The van der Waals surface area contributed by atoms with Gasteiger partial charge in [0.05, 0.1) is 6.10 Å². The van der Waals surface area contributed by atoms with E-state index in [2.05, 4.69) is 36.5 Å². The van der Waals surface area contributed by atoms with Crippen LogP contribution in [-0.2, 0) is 0 Å². The number of hydrogen-bond acceptors (Lipinski definition) is 2. The second-order valence-electron chi connectivity index (χ2n) is 5.55. The number of rotatable bonds is 5. The Bertz CT molecular complexity index is 348. The van der Waals surface area contributed by atoms with Gasteiger partial charge in [0.25, 0.3) is 0 Å². The third kappa shape index (κ3) is 4.24. The maximum atomic E-state index is 6.12. The first kappa shape index (κ1) is 14.4. The SMILES string of the molecule is CCC(NC)c1ccc(OC2CCCCCC2)cc1. The number of ether oxygens (including phenoxy) is 1. The summed E-state index contributed by atoms with van der Waals surface area (Å²) >= 11 is 0. The molecule has 2 heteroatoms. The summed E-state index contributed by atoms with van der Waals surface area (Å²) < 4.78 is 6.12. The van der Waals surface area contributed by atoms with Crippen LogP contribution in [0.3, 0.4) is 0 Å². The predicted octanol–water partition coefficient (Wildman–Crippen LogP) is 4.46. The first-order valence-electron chi connectivity index (χ1n) is 7.77. The fourth-order valence-electron chi connectivity index (χ4n) is 2.94. The van der Waals surface area contributed by atoms with Crippen molar-refractivity contribution in [3.63, 3.8) is 0 Å². The Morgan fingerprint density at radius 2 is 1.74 bits per heavy atom. The van der Waals surface area contributed by atoms with E-state index in [4.69, 9.17) is 4.74 Å². The zero-order valence-electron chi connectivity index (χ0n) is 12.3. The molecule has 1 N–H and O–H groups in total. The van der Waals surface area contributed by atoms with Crippen LogP contribution in [0.5, 0.6) is 5.75 Å². The van der Waals surface area contributed by atoms with Gasteiger partial charge in [0, 0.05) is 6.04 Å². The summed E-state index contributed by atoms with van der Waals surface area (Å²) in [4.78, 5) is 0. The molecule has 0 radical (unpaired) electrons. The molecule has 2 rings (SSSR count). The topological polar surface area (TPSA) is 21.3 Å². The lowest BCUT2D eigenvalue weighted by atomic mass is 10.0. The van der Waals surface area contributed by atoms with Gasteiger partial charge in [0.15, 0.2) is 0 Å². The van der Waals surface area contributed by atoms with Gasteiger partial charge in [0.2, 0.25) is 0 Å². The molecule has 2 nitrogen and oxygen atoms in total. The monoisotopic (exact) mass is 261 g/mol. The Labute approximate surface area is 117 Å². The molecule has 19 heavy (non-hydrogen) atoms. The minimum absolute atomic E-state index is 0.430. The van der Waals surface area contributed by atoms with Crippen molar-refractivity contribution in [3.8, 4) is 5.75 Å². The maximum Gasteiger partial charge on any atom is 0.119 e. The van der Waals surface area contributed by atoms with Crippen molar-refractivity contribution >= 4 is 0 Å². The van der Waals surface area contributed by atoms with Gasteiger partial charge in [-0.2, -0.15) is 0 Å². The lowest BCUT2D eigenvalue weighted by molar-refractivity contribution is 0.183. The molecule has 106 valence electrons. The normalized spacial score (nSPS) is 18.8. The fourth-order valence-corrected chi connectivity index (χ4v) is 2.94. The highest BCUT2D eigenvalue weighted by atomic mass is 16.5. The second-order valence-corrected chi connectivity index (χ2v) is 5.55. The van der Waals surface area contributed by atoms with E-state index in [1.807, 2.05) is 7.05 Å². The van der Waals surface area contributed by atoms with E-state index < -0.39 is 0 Å². The first-order chi connectivity index (χ1) is 9.33. The molecule has 1 aliphatic carbocycles. The average Bonchev–Trinajstić information content (AvgIpc) is 2.71. The molecule has 0 saturated heterocycles. The molecule has 1 aromatic rings. The smallest absolute Gasteiger partial charge is 0.119 e. The van der Waals surface area contributed by atoms with Gasteiger partial charge in [-0.15, -0.1) is 0 Å². The van der Waals surface area contributed by atoms with E-state index in [0.717, 1.165) is 12.2 Å². The minimum atomic E-state index is 0.430. The quantitative estimate of drug-likeness (QED) is 0.790. The summed E-state index contributed by atoms with van der Waals surface area (Å²) in [5, 5.41) is 3.34. The number of benzene rings is 1. The molecule has 0 aliphatic heterocycles. The zero-order chi connectivity index (χ0) is 13.5. The van der Waals surface area contributed by atoms with Gasteiger partial charge in [-0.3, -0.25) is 0 Å². The van der Waals surface area contributed by atoms with Crippen molar-refractivity contribution in [2.24, 2.45) is 0 Å². The third-order valence-corrected chi connectivity index (χ3v) is 4.14. The largest absolute Gasteiger partial charge is 0.490 e. The first-order valence-corrected chi connectivity index (χ1v) is 7.77. The van der Waals surface area contributed by atoms with Gasteiger partial charge in [-0.1, -0.05) is 31.9 Å². The summed E-state index contributed by atoms with van der Waals surface area (Å²) in [5.74, 6) is 1.03. The van der Waals surface area contributed by atoms with Gasteiger partial charge < -0.3 is 10.1 Å². The molecule has 0 bridgehead atoms. The van der Waals surface area contributed by atoms with Crippen LogP contribution in [0.1, 0.15) is 63.5 Å². The van der Waals surface area contributed by atoms with Crippen molar-refractivity contribution in [2.75, 3.05) is 7.05 Å². The van der Waals surface area contributed by atoms with Gasteiger partial charge in [-0.25, -0.2) is 0 Å². The van der Waals surface area contributed by atoms with Gasteiger partial charge >= 0.3 is 0 Å². The van der Waals surface area contributed by atoms with E-state index in [-0.39, 0.29) is 0 Å². The van der Waals surface area contributed by atoms with Crippen molar-refractivity contribution in [3.05, 3.63) is 29.8 Å². The molecule has 1 fully saturated rings. The van der Waals surface area contributed by atoms with Crippen LogP contribution in [0.4, 0.5) is 0 Å². The minimum Gasteiger partial charge on any atom is -0.490 e. The maximum absolute atomic E-state index is 6.12. The fraction of sp³-hybridized carbons (Fsp3) is 0.647. The molecule has 1 unspecified atom stereocenters. The molecule has 1 atom stereocenters. The van der Waals surface area contributed by atoms with Gasteiger partial charge in [0.1, 0.15) is 5.75 Å². The standard InChI is InChI=1S/C17H27NO/c1-3-17(18-2)14-10-12-16(13-11-14)19-15-8-6-4-5-7-9-15/h10-13,15,17-18H,3-9H2,1-2H3. The number of nitrogens with one attached hydrogen (secondary N) is 1. The van der Waals surface area contributed by atoms with Gasteiger partial charge in [-0.05, 0) is 56.8 Å². The molecular weight excluding hydrogens is 234 g/mol. The van der Waals surface area contributed by atoms with E-state index in [1.54, 1.807) is 0 Å². The average molecular weight is 261 g/mol. The predicted molar refractivity (Wildman–Crippen MR) is 80.7 cm³/mol. The molecule has 1 aromatic carbocycles. The highest BCUT2D eigenvalue weighted by molar-refractivity contribution is 5.29. The molecule has 1 aliphatic rings. The highest BCUT2D eigenvalue weighted by Crippen LogP contribution is 2.24. The van der Waals surface area contributed by atoms with E-state index >= 15 is 0 Å². The molecular formula is C17H27NO. The second kappa shape index (κ2) is 7.54. The molecule has 0 spiro atoms. The van der Waals surface area contributed by atoms with Crippen molar-refractivity contribution in [1.29, 1.82) is 0 Å². The lowest BCUT2D eigenvalue weighted by Gasteiger charge is -2.18. The number of hydrogen-bond donors (Lipinski definition) is 1. The summed E-state index contributed by atoms with van der Waals surface area (Å²) in [6.45, 7) is 2.21. The Morgan fingerprint density at radius 3 is 2.26 bits per heavy atom. The van der Waals surface area contributed by atoms with E-state index in [1.165, 1.54) is 44.1 Å². The summed E-state index contributed by atoms with van der Waals surface area (Å²) in [6.07, 6.45) is 9.36. The van der Waals surface area contributed by atoms with E-state index in [0.29, 0.717) is 12.1 Å². The van der Waals surface area contributed by atoms with Crippen LogP contribution in [0.15, 0.2) is 24.3 Å². The van der Waals surface area contributed by atoms with Crippen LogP contribution in [0.2, 0.25) is 0 Å². The Hall–Kier alpha value is -1.02. The molecule has 0 aromatic heterocycles. The highest BCUT2D eigenvalue weighted by Gasteiger charge is 2.14. The van der Waals surface area contributed by atoms with Crippen molar-refractivity contribution in [1.82, 2.24) is 5.32 Å². The Balaban J connectivity index is 1.94. The summed E-state index contributed by atoms with van der Waals surface area (Å²) in [7, 11) is 2.02. The molecule has 0 heterocycles. The molecule has 0 amide bonds.